The molecular formula is C12H21N3O5. The van der Waals surface area contributed by atoms with Gasteiger partial charge in [-0.15, -0.1) is 0 Å². The molecule has 8 nitrogen and oxygen atoms in total. The zero-order valence-electron chi connectivity index (χ0n) is 11.7. The Morgan fingerprint density at radius 2 is 2.05 bits per heavy atom. The van der Waals surface area contributed by atoms with E-state index < -0.39 is 18.0 Å². The first-order valence-corrected chi connectivity index (χ1v) is 6.50. The number of hydrogen-bond donors (Lipinski definition) is 3. The summed E-state index contributed by atoms with van der Waals surface area (Å²) in [5.41, 5.74) is 0. The first-order chi connectivity index (χ1) is 9.47. The molecule has 2 unspecified atom stereocenters. The van der Waals surface area contributed by atoms with E-state index in [2.05, 4.69) is 10.6 Å². The molecule has 2 atom stereocenters. The van der Waals surface area contributed by atoms with Crippen molar-refractivity contribution in [2.75, 3.05) is 33.4 Å². The first kappa shape index (κ1) is 16.2. The molecule has 3 N–H and O–H groups in total. The van der Waals surface area contributed by atoms with Crippen molar-refractivity contribution in [1.82, 2.24) is 15.5 Å². The summed E-state index contributed by atoms with van der Waals surface area (Å²) in [6, 6.07) is -1.35. The normalized spacial score (nSPS) is 21.6. The summed E-state index contributed by atoms with van der Waals surface area (Å²) in [6.07, 6.45) is 0.643. The van der Waals surface area contributed by atoms with Crippen molar-refractivity contribution in [2.45, 2.75) is 19.4 Å². The fraction of sp³-hybridized carbons (Fsp3) is 0.750. The number of ether oxygens (including phenoxy) is 1. The number of nitrogens with zero attached hydrogens (tertiary/aromatic N) is 1. The lowest BCUT2D eigenvalue weighted by molar-refractivity contribution is -0.142. The Hall–Kier alpha value is -1.83. The van der Waals surface area contributed by atoms with Crippen LogP contribution >= 0.6 is 0 Å². The molecule has 8 heteroatoms. The number of aliphatic carboxylic acids is 1. The number of nitrogens with one attached hydrogen (secondary N) is 2. The second kappa shape index (κ2) is 7.68. The van der Waals surface area contributed by atoms with Crippen LogP contribution in [0.2, 0.25) is 0 Å². The number of likely N-dealkylation sites (tertiary alicyclic amines) is 1. The first-order valence-electron chi connectivity index (χ1n) is 6.50. The van der Waals surface area contributed by atoms with Crippen LogP contribution in [0.15, 0.2) is 0 Å². The van der Waals surface area contributed by atoms with Crippen LogP contribution < -0.4 is 10.6 Å². The molecule has 0 radical (unpaired) electrons. The fourth-order valence-corrected chi connectivity index (χ4v) is 2.16. The number of methoxy groups -OCH3 is 1. The van der Waals surface area contributed by atoms with Gasteiger partial charge in [0.05, 0.1) is 13.2 Å². The van der Waals surface area contributed by atoms with E-state index in [4.69, 9.17) is 9.84 Å². The van der Waals surface area contributed by atoms with Crippen molar-refractivity contribution in [1.29, 1.82) is 0 Å². The SMILES string of the molecule is COCCNC(=O)CNC(=O)N1CCC(C)C1C(=O)O. The van der Waals surface area contributed by atoms with Crippen molar-refractivity contribution in [3.05, 3.63) is 0 Å². The molecule has 1 saturated heterocycles. The Morgan fingerprint density at radius 1 is 1.35 bits per heavy atom. The quantitative estimate of drug-likeness (QED) is 0.557. The molecular weight excluding hydrogens is 266 g/mol. The molecule has 3 amide bonds. The van der Waals surface area contributed by atoms with Crippen molar-refractivity contribution < 1.29 is 24.2 Å². The zero-order chi connectivity index (χ0) is 15.1. The molecule has 20 heavy (non-hydrogen) atoms. The smallest absolute Gasteiger partial charge is 0.326 e. The number of carboxylic acids is 1. The van der Waals surface area contributed by atoms with Crippen LogP contribution in [0.1, 0.15) is 13.3 Å². The summed E-state index contributed by atoms with van der Waals surface area (Å²) in [5.74, 6) is -1.45. The van der Waals surface area contributed by atoms with Crippen LogP contribution in [0, 0.1) is 5.92 Å². The minimum atomic E-state index is -1.02. The van der Waals surface area contributed by atoms with Crippen molar-refractivity contribution in [2.24, 2.45) is 5.92 Å². The van der Waals surface area contributed by atoms with Gasteiger partial charge in [-0.3, -0.25) is 4.79 Å². The maximum atomic E-state index is 11.9. The Bertz CT molecular complexity index is 374. The Labute approximate surface area is 117 Å². The Morgan fingerprint density at radius 3 is 2.65 bits per heavy atom. The van der Waals surface area contributed by atoms with Gasteiger partial charge in [0.15, 0.2) is 0 Å². The largest absolute Gasteiger partial charge is 0.480 e. The highest BCUT2D eigenvalue weighted by Gasteiger charge is 2.39. The summed E-state index contributed by atoms with van der Waals surface area (Å²) in [6.45, 7) is 2.76. The van der Waals surface area contributed by atoms with E-state index in [1.807, 2.05) is 0 Å². The van der Waals surface area contributed by atoms with E-state index in [9.17, 15) is 14.4 Å². The zero-order valence-corrected chi connectivity index (χ0v) is 11.7. The van der Waals surface area contributed by atoms with Gasteiger partial charge < -0.3 is 25.4 Å². The second-order valence-electron chi connectivity index (χ2n) is 4.74. The monoisotopic (exact) mass is 287 g/mol. The molecule has 1 fully saturated rings. The van der Waals surface area contributed by atoms with Crippen LogP contribution in [0.25, 0.3) is 0 Å². The van der Waals surface area contributed by atoms with E-state index in [1.54, 1.807) is 6.92 Å². The molecule has 0 aliphatic carbocycles. The second-order valence-corrected chi connectivity index (χ2v) is 4.74. The maximum absolute atomic E-state index is 11.9. The lowest BCUT2D eigenvalue weighted by Crippen LogP contribution is -2.49. The van der Waals surface area contributed by atoms with Crippen LogP contribution in [0.3, 0.4) is 0 Å². The summed E-state index contributed by atoms with van der Waals surface area (Å²) >= 11 is 0. The molecule has 1 aliphatic rings. The highest BCUT2D eigenvalue weighted by atomic mass is 16.5. The molecule has 0 aromatic carbocycles. The van der Waals surface area contributed by atoms with Crippen LogP contribution in [0.4, 0.5) is 4.79 Å². The lowest BCUT2D eigenvalue weighted by Gasteiger charge is -2.23. The highest BCUT2D eigenvalue weighted by Crippen LogP contribution is 2.23. The number of amides is 3. The molecule has 114 valence electrons. The Balaban J connectivity index is 2.39. The number of carboxylic acid groups (broad SMARTS) is 1. The molecule has 1 rings (SSSR count). The third-order valence-electron chi connectivity index (χ3n) is 3.24. The van der Waals surface area contributed by atoms with Gasteiger partial charge in [0.1, 0.15) is 6.04 Å². The van der Waals surface area contributed by atoms with Gasteiger partial charge in [0.25, 0.3) is 0 Å². The van der Waals surface area contributed by atoms with E-state index in [-0.39, 0.29) is 18.4 Å². The standard InChI is InChI=1S/C12H21N3O5/c1-8-3-5-15(10(8)11(17)18)12(19)14-7-9(16)13-4-6-20-2/h8,10H,3-7H2,1-2H3,(H,13,16)(H,14,19)(H,17,18). The van der Waals surface area contributed by atoms with Crippen molar-refractivity contribution in [3.8, 4) is 0 Å². The van der Waals surface area contributed by atoms with E-state index in [0.717, 1.165) is 0 Å². The predicted molar refractivity (Wildman–Crippen MR) is 70.2 cm³/mol. The summed E-state index contributed by atoms with van der Waals surface area (Å²) in [7, 11) is 1.52. The lowest BCUT2D eigenvalue weighted by atomic mass is 10.0. The van der Waals surface area contributed by atoms with Gasteiger partial charge in [-0.2, -0.15) is 0 Å². The van der Waals surface area contributed by atoms with Gasteiger partial charge >= 0.3 is 12.0 Å². The van der Waals surface area contributed by atoms with Crippen LogP contribution in [0.5, 0.6) is 0 Å². The molecule has 0 saturated carbocycles. The third kappa shape index (κ3) is 4.37. The van der Waals surface area contributed by atoms with Gasteiger partial charge in [-0.25, -0.2) is 9.59 Å². The Kier molecular flexibility index (Phi) is 6.23. The van der Waals surface area contributed by atoms with Crippen LogP contribution in [-0.4, -0.2) is 67.3 Å². The summed E-state index contributed by atoms with van der Waals surface area (Å²) in [4.78, 5) is 35.7. The summed E-state index contributed by atoms with van der Waals surface area (Å²) in [5, 5.41) is 14.1. The molecule has 0 aromatic rings. The topological polar surface area (TPSA) is 108 Å². The number of urea groups is 1. The van der Waals surface area contributed by atoms with Crippen molar-refractivity contribution >= 4 is 17.9 Å². The van der Waals surface area contributed by atoms with Gasteiger partial charge in [0, 0.05) is 20.2 Å². The predicted octanol–water partition coefficient (Wildman–Crippen LogP) is -0.746. The van der Waals surface area contributed by atoms with Gasteiger partial charge in [0.2, 0.25) is 5.91 Å². The molecule has 0 aromatic heterocycles. The highest BCUT2D eigenvalue weighted by molar-refractivity contribution is 5.87. The minimum absolute atomic E-state index is 0.0891. The number of hydrogen-bond acceptors (Lipinski definition) is 4. The van der Waals surface area contributed by atoms with E-state index in [0.29, 0.717) is 26.1 Å². The average Bonchev–Trinajstić information content (AvgIpc) is 2.78. The fourth-order valence-electron chi connectivity index (χ4n) is 2.16. The molecule has 0 bridgehead atoms. The summed E-state index contributed by atoms with van der Waals surface area (Å²) < 4.78 is 4.78. The molecule has 0 spiro atoms. The number of rotatable bonds is 6. The number of carbonyl (C=O) groups is 3. The third-order valence-corrected chi connectivity index (χ3v) is 3.24. The minimum Gasteiger partial charge on any atom is -0.480 e. The van der Waals surface area contributed by atoms with Crippen LogP contribution in [-0.2, 0) is 14.3 Å². The maximum Gasteiger partial charge on any atom is 0.326 e. The van der Waals surface area contributed by atoms with Gasteiger partial charge in [-0.1, -0.05) is 6.92 Å². The van der Waals surface area contributed by atoms with Gasteiger partial charge in [-0.05, 0) is 12.3 Å². The molecule has 1 aliphatic heterocycles. The van der Waals surface area contributed by atoms with Crippen molar-refractivity contribution in [3.63, 3.8) is 0 Å². The average molecular weight is 287 g/mol. The number of carbonyl (C=O) groups excluding carboxylic acids is 2. The van der Waals surface area contributed by atoms with E-state index >= 15 is 0 Å². The molecule has 1 heterocycles. The van der Waals surface area contributed by atoms with E-state index in [1.165, 1.54) is 12.0 Å².